The molecule has 2 aromatic carbocycles. The third-order valence-electron chi connectivity index (χ3n) is 4.26. The third kappa shape index (κ3) is 3.16. The lowest BCUT2D eigenvalue weighted by Gasteiger charge is -2.14. The number of nitrogens with one attached hydrogen (secondary N) is 1. The number of anilines is 2. The molecule has 8 nitrogen and oxygen atoms in total. The molecule has 0 saturated heterocycles. The van der Waals surface area contributed by atoms with Gasteiger partial charge in [-0.1, -0.05) is 18.2 Å². The van der Waals surface area contributed by atoms with Crippen LogP contribution in [0, 0.1) is 0 Å². The van der Waals surface area contributed by atoms with Gasteiger partial charge in [0.1, 0.15) is 0 Å². The topological polar surface area (TPSA) is 83.3 Å². The fraction of sp³-hybridized carbons (Fsp3) is 0.150. The number of hydrogen-bond acceptors (Lipinski definition) is 7. The van der Waals surface area contributed by atoms with E-state index in [1.54, 1.807) is 50.4 Å². The monoisotopic (exact) mass is 377 g/mol. The summed E-state index contributed by atoms with van der Waals surface area (Å²) in [6.45, 7) is 0. The van der Waals surface area contributed by atoms with E-state index < -0.39 is 0 Å². The van der Waals surface area contributed by atoms with Crippen molar-refractivity contribution in [3.05, 3.63) is 54.9 Å². The molecule has 0 aliphatic heterocycles. The lowest BCUT2D eigenvalue weighted by atomic mass is 10.2. The van der Waals surface area contributed by atoms with Crippen molar-refractivity contribution in [2.75, 3.05) is 26.6 Å². The van der Waals surface area contributed by atoms with E-state index in [-0.39, 0.29) is 0 Å². The van der Waals surface area contributed by atoms with Crippen molar-refractivity contribution in [1.82, 2.24) is 19.7 Å². The summed E-state index contributed by atoms with van der Waals surface area (Å²) in [5, 5.41) is 8.65. The zero-order valence-corrected chi connectivity index (χ0v) is 15.7. The second kappa shape index (κ2) is 7.43. The molecular weight excluding hydrogens is 358 g/mol. The fourth-order valence-corrected chi connectivity index (χ4v) is 2.96. The molecule has 0 aliphatic carbocycles. The lowest BCUT2D eigenvalue weighted by molar-refractivity contribution is 0.324. The molecule has 1 N–H and O–H groups in total. The Morgan fingerprint density at radius 2 is 1.68 bits per heavy atom. The Morgan fingerprint density at radius 1 is 0.929 bits per heavy atom. The summed E-state index contributed by atoms with van der Waals surface area (Å²) in [6, 6.07) is 13.3. The second-order valence-corrected chi connectivity index (χ2v) is 5.89. The van der Waals surface area contributed by atoms with Gasteiger partial charge in [-0.3, -0.25) is 0 Å². The average molecular weight is 377 g/mol. The molecule has 0 saturated carbocycles. The predicted molar refractivity (Wildman–Crippen MR) is 106 cm³/mol. The molecule has 0 fully saturated rings. The maximum Gasteiger partial charge on any atom is 0.229 e. The number of para-hydroxylation sites is 1. The van der Waals surface area contributed by atoms with E-state index in [1.807, 2.05) is 30.5 Å². The van der Waals surface area contributed by atoms with Crippen LogP contribution in [0.1, 0.15) is 0 Å². The van der Waals surface area contributed by atoms with Gasteiger partial charge >= 0.3 is 0 Å². The van der Waals surface area contributed by atoms with E-state index in [2.05, 4.69) is 20.4 Å². The van der Waals surface area contributed by atoms with Gasteiger partial charge in [0.2, 0.25) is 11.7 Å². The SMILES string of the molecule is COc1cc(Nc2nccc(-n3ncc4ccccc43)n2)cc(OC)c1OC. The molecule has 28 heavy (non-hydrogen) atoms. The minimum absolute atomic E-state index is 0.423. The lowest BCUT2D eigenvalue weighted by Crippen LogP contribution is -2.04. The average Bonchev–Trinajstić information content (AvgIpc) is 3.17. The maximum absolute atomic E-state index is 5.39. The van der Waals surface area contributed by atoms with E-state index in [0.29, 0.717) is 34.7 Å². The second-order valence-electron chi connectivity index (χ2n) is 5.89. The molecule has 0 aliphatic rings. The molecule has 4 rings (SSSR count). The van der Waals surface area contributed by atoms with Crippen LogP contribution in [0.15, 0.2) is 54.9 Å². The molecule has 0 amide bonds. The zero-order chi connectivity index (χ0) is 19.5. The van der Waals surface area contributed by atoms with E-state index in [4.69, 9.17) is 14.2 Å². The van der Waals surface area contributed by atoms with Gasteiger partial charge in [-0.05, 0) is 6.07 Å². The first-order valence-corrected chi connectivity index (χ1v) is 8.56. The van der Waals surface area contributed by atoms with Crippen LogP contribution in [0.5, 0.6) is 17.2 Å². The van der Waals surface area contributed by atoms with Gasteiger partial charge in [0.15, 0.2) is 17.3 Å². The summed E-state index contributed by atoms with van der Waals surface area (Å²) in [4.78, 5) is 8.88. The Balaban J connectivity index is 1.69. The van der Waals surface area contributed by atoms with Crippen LogP contribution >= 0.6 is 0 Å². The van der Waals surface area contributed by atoms with E-state index in [9.17, 15) is 0 Å². The molecule has 0 unspecified atom stereocenters. The Bertz CT molecular complexity index is 1100. The smallest absolute Gasteiger partial charge is 0.229 e. The van der Waals surface area contributed by atoms with Crippen LogP contribution < -0.4 is 19.5 Å². The van der Waals surface area contributed by atoms with Gasteiger partial charge < -0.3 is 19.5 Å². The number of methoxy groups -OCH3 is 3. The van der Waals surface area contributed by atoms with Gasteiger partial charge in [0, 0.05) is 35.5 Å². The summed E-state index contributed by atoms with van der Waals surface area (Å²) in [5.41, 5.74) is 1.68. The summed E-state index contributed by atoms with van der Waals surface area (Å²) in [5.74, 6) is 2.68. The van der Waals surface area contributed by atoms with Crippen molar-refractivity contribution in [2.24, 2.45) is 0 Å². The van der Waals surface area contributed by atoms with Gasteiger partial charge in [0.25, 0.3) is 0 Å². The van der Waals surface area contributed by atoms with Crippen LogP contribution in [0.4, 0.5) is 11.6 Å². The van der Waals surface area contributed by atoms with Crippen LogP contribution in [-0.2, 0) is 0 Å². The Hall–Kier alpha value is -3.81. The summed E-state index contributed by atoms with van der Waals surface area (Å²) >= 11 is 0. The van der Waals surface area contributed by atoms with E-state index >= 15 is 0 Å². The molecule has 0 radical (unpaired) electrons. The molecule has 2 aromatic heterocycles. The van der Waals surface area contributed by atoms with Crippen molar-refractivity contribution in [1.29, 1.82) is 0 Å². The van der Waals surface area contributed by atoms with Crippen LogP contribution in [0.3, 0.4) is 0 Å². The largest absolute Gasteiger partial charge is 0.493 e. The highest BCUT2D eigenvalue weighted by Crippen LogP contribution is 2.40. The molecule has 142 valence electrons. The van der Waals surface area contributed by atoms with Gasteiger partial charge in [-0.15, -0.1) is 0 Å². The highest BCUT2D eigenvalue weighted by atomic mass is 16.5. The van der Waals surface area contributed by atoms with Gasteiger partial charge in [0.05, 0.1) is 33.0 Å². The number of nitrogens with zero attached hydrogens (tertiary/aromatic N) is 4. The summed E-state index contributed by atoms with van der Waals surface area (Å²) < 4.78 is 17.9. The summed E-state index contributed by atoms with van der Waals surface area (Å²) in [6.07, 6.45) is 3.49. The van der Waals surface area contributed by atoms with Crippen LogP contribution in [0.25, 0.3) is 16.7 Å². The van der Waals surface area contributed by atoms with Crippen molar-refractivity contribution < 1.29 is 14.2 Å². The number of ether oxygens (including phenoxy) is 3. The maximum atomic E-state index is 5.39. The third-order valence-corrected chi connectivity index (χ3v) is 4.26. The molecule has 0 spiro atoms. The first-order chi connectivity index (χ1) is 13.7. The molecule has 0 bridgehead atoms. The van der Waals surface area contributed by atoms with E-state index in [1.165, 1.54) is 0 Å². The fourth-order valence-electron chi connectivity index (χ4n) is 2.96. The number of rotatable bonds is 6. The zero-order valence-electron chi connectivity index (χ0n) is 15.7. The Morgan fingerprint density at radius 3 is 2.39 bits per heavy atom. The van der Waals surface area contributed by atoms with Crippen molar-refractivity contribution in [3.63, 3.8) is 0 Å². The number of hydrogen-bond donors (Lipinski definition) is 1. The minimum Gasteiger partial charge on any atom is -0.493 e. The van der Waals surface area contributed by atoms with Crippen molar-refractivity contribution in [3.8, 4) is 23.1 Å². The van der Waals surface area contributed by atoms with Crippen LogP contribution in [0.2, 0.25) is 0 Å². The Labute approximate surface area is 161 Å². The Kier molecular flexibility index (Phi) is 4.67. The van der Waals surface area contributed by atoms with Gasteiger partial charge in [-0.25, -0.2) is 9.67 Å². The van der Waals surface area contributed by atoms with Crippen molar-refractivity contribution in [2.45, 2.75) is 0 Å². The minimum atomic E-state index is 0.423. The predicted octanol–water partition coefficient (Wildman–Crippen LogP) is 3.58. The molecule has 8 heteroatoms. The highest BCUT2D eigenvalue weighted by Gasteiger charge is 2.14. The molecule has 2 heterocycles. The first kappa shape index (κ1) is 17.6. The standard InChI is InChI=1S/C20H19N5O3/c1-26-16-10-14(11-17(27-2)19(16)28-3)23-20-21-9-8-18(24-20)25-15-7-5-4-6-13(15)12-22-25/h4-12H,1-3H3,(H,21,23,24). The quantitative estimate of drug-likeness (QED) is 0.550. The van der Waals surface area contributed by atoms with Gasteiger partial charge in [-0.2, -0.15) is 10.1 Å². The number of benzene rings is 2. The molecular formula is C20H19N5O3. The highest BCUT2D eigenvalue weighted by molar-refractivity contribution is 5.79. The normalized spacial score (nSPS) is 10.7. The molecule has 0 atom stereocenters. The number of aromatic nitrogens is 4. The first-order valence-electron chi connectivity index (χ1n) is 8.56. The van der Waals surface area contributed by atoms with Crippen molar-refractivity contribution >= 4 is 22.5 Å². The summed E-state index contributed by atoms with van der Waals surface area (Å²) in [7, 11) is 4.70. The number of fused-ring (bicyclic) bond motifs is 1. The van der Waals surface area contributed by atoms with E-state index in [0.717, 1.165) is 10.9 Å². The van der Waals surface area contributed by atoms with Crippen LogP contribution in [-0.4, -0.2) is 41.1 Å². The molecule has 4 aromatic rings.